The second-order valence-corrected chi connectivity index (χ2v) is 11.7. The molecule has 0 radical (unpaired) electrons. The molecule has 0 aliphatic heterocycles. The molecule has 4 rings (SSSR count). The zero-order valence-corrected chi connectivity index (χ0v) is 32.2. The van der Waals surface area contributed by atoms with Crippen LogP contribution in [0.2, 0.25) is 0 Å². The Bertz CT molecular complexity index is 1310. The smallest absolute Gasteiger partial charge is 0.00797 e. The maximum Gasteiger partial charge on any atom is 0.00797 e. The number of hydrogen-bond donors (Lipinski definition) is 0. The van der Waals surface area contributed by atoms with Gasteiger partial charge in [0.05, 0.1) is 0 Å². The molecule has 0 heterocycles. The van der Waals surface area contributed by atoms with Crippen molar-refractivity contribution in [2.45, 2.75) is 110 Å². The average molecular weight is 621 g/mol. The summed E-state index contributed by atoms with van der Waals surface area (Å²) in [6, 6.07) is 17.2. The van der Waals surface area contributed by atoms with E-state index in [0.717, 1.165) is 17.9 Å². The van der Waals surface area contributed by atoms with Crippen molar-refractivity contribution in [1.82, 2.24) is 0 Å². The third-order valence-electron chi connectivity index (χ3n) is 7.88. The molecule has 0 spiro atoms. The van der Waals surface area contributed by atoms with Gasteiger partial charge in [-0.3, -0.25) is 0 Å². The molecule has 2 aromatic carbocycles. The van der Waals surface area contributed by atoms with Crippen molar-refractivity contribution in [3.05, 3.63) is 161 Å². The maximum atomic E-state index is 3.56. The van der Waals surface area contributed by atoms with E-state index < -0.39 is 0 Å². The van der Waals surface area contributed by atoms with Crippen LogP contribution in [0.15, 0.2) is 139 Å². The average Bonchev–Trinajstić information content (AvgIpc) is 3.25. The molecule has 0 fully saturated rings. The molecule has 1 atom stereocenters. The highest BCUT2D eigenvalue weighted by atomic mass is 14.4. The molecule has 0 bridgehead atoms. The standard InChI is InChI=1S/C20H26.C8H10.2C7H10.2C2H6/c1-7-11-17-18(8-2)20(5,6)15(4)19(17)16-13-10-9-12-14(16)3;1-7-3-5-8(2)6-4-7;1-7-5-3-2-4-6-7;1-4-6-7(3)5-2;2*1-2/h7,9-13H,8H2,1-6H3;3-6H,1-2H3;2-5,7H,6H2,1H3;4-6H,1-2H2,3H3;2*1-2H3/b11-7-;;;7-6-;;. The highest BCUT2D eigenvalue weighted by Crippen LogP contribution is 2.52. The minimum Gasteiger partial charge on any atom is -0.0991 e. The van der Waals surface area contributed by atoms with E-state index in [9.17, 15) is 0 Å². The highest BCUT2D eigenvalue weighted by Gasteiger charge is 2.36. The largest absolute Gasteiger partial charge is 0.0991 e. The number of hydrogen-bond acceptors (Lipinski definition) is 0. The van der Waals surface area contributed by atoms with Crippen LogP contribution in [0.25, 0.3) is 5.57 Å². The summed E-state index contributed by atoms with van der Waals surface area (Å²) < 4.78 is 0. The molecular formula is C46H68. The van der Waals surface area contributed by atoms with E-state index >= 15 is 0 Å². The molecule has 2 aliphatic rings. The fourth-order valence-electron chi connectivity index (χ4n) is 5.01. The summed E-state index contributed by atoms with van der Waals surface area (Å²) in [5, 5.41) is 0. The quantitative estimate of drug-likeness (QED) is 0.292. The highest BCUT2D eigenvalue weighted by molar-refractivity contribution is 5.90. The SMILES string of the molecule is C/C=C\C1=C(CC)C(C)(C)C(C)=C1c1ccccc1C.C=C/C=C(/C)C=C.CC.CC.CC1C=CC=CC1.Cc1ccc(C)cc1. The van der Waals surface area contributed by atoms with Crippen molar-refractivity contribution in [3.8, 4) is 0 Å². The van der Waals surface area contributed by atoms with E-state index in [2.05, 4.69) is 160 Å². The van der Waals surface area contributed by atoms with Gasteiger partial charge in [-0.1, -0.05) is 200 Å². The van der Waals surface area contributed by atoms with Crippen LogP contribution in [0.1, 0.15) is 111 Å². The Morgan fingerprint density at radius 2 is 1.41 bits per heavy atom. The number of rotatable bonds is 5. The lowest BCUT2D eigenvalue weighted by molar-refractivity contribution is 0.532. The lowest BCUT2D eigenvalue weighted by Gasteiger charge is -2.25. The van der Waals surface area contributed by atoms with Crippen LogP contribution in [-0.2, 0) is 0 Å². The lowest BCUT2D eigenvalue weighted by atomic mass is 9.79. The van der Waals surface area contributed by atoms with E-state index in [0.29, 0.717) is 0 Å². The molecule has 2 aliphatic carbocycles. The maximum absolute atomic E-state index is 3.56. The Balaban J connectivity index is 0. The molecule has 0 saturated carbocycles. The predicted molar refractivity (Wildman–Crippen MR) is 215 cm³/mol. The number of allylic oxidation sites excluding steroid dienone is 14. The van der Waals surface area contributed by atoms with Gasteiger partial charge in [-0.2, -0.15) is 0 Å². The molecule has 1 unspecified atom stereocenters. The van der Waals surface area contributed by atoms with Crippen LogP contribution < -0.4 is 0 Å². The molecule has 0 N–H and O–H groups in total. The summed E-state index contributed by atoms with van der Waals surface area (Å²) in [6.45, 7) is 37.1. The third kappa shape index (κ3) is 15.6. The molecule has 252 valence electrons. The van der Waals surface area contributed by atoms with Crippen molar-refractivity contribution >= 4 is 5.57 Å². The summed E-state index contributed by atoms with van der Waals surface area (Å²) in [5.41, 5.74) is 12.7. The minimum absolute atomic E-state index is 0.168. The Morgan fingerprint density at radius 3 is 1.76 bits per heavy atom. The zero-order chi connectivity index (χ0) is 35.7. The van der Waals surface area contributed by atoms with E-state index in [1.807, 2.05) is 40.7 Å². The summed E-state index contributed by atoms with van der Waals surface area (Å²) in [6.07, 6.45) is 20.9. The lowest BCUT2D eigenvalue weighted by Crippen LogP contribution is -2.13. The monoisotopic (exact) mass is 621 g/mol. The van der Waals surface area contributed by atoms with Gasteiger partial charge < -0.3 is 0 Å². The Labute approximate surface area is 286 Å². The van der Waals surface area contributed by atoms with Crippen LogP contribution in [0.5, 0.6) is 0 Å². The first-order valence-corrected chi connectivity index (χ1v) is 17.4. The van der Waals surface area contributed by atoms with Crippen molar-refractivity contribution in [2.24, 2.45) is 11.3 Å². The van der Waals surface area contributed by atoms with E-state index in [1.165, 1.54) is 45.4 Å². The minimum atomic E-state index is 0.168. The topological polar surface area (TPSA) is 0 Å². The first-order chi connectivity index (χ1) is 21.9. The van der Waals surface area contributed by atoms with Gasteiger partial charge >= 0.3 is 0 Å². The van der Waals surface area contributed by atoms with Gasteiger partial charge in [0.15, 0.2) is 0 Å². The van der Waals surface area contributed by atoms with Crippen LogP contribution >= 0.6 is 0 Å². The van der Waals surface area contributed by atoms with Gasteiger partial charge in [-0.05, 0) is 82.6 Å². The van der Waals surface area contributed by atoms with Gasteiger partial charge in [0.1, 0.15) is 0 Å². The van der Waals surface area contributed by atoms with E-state index in [-0.39, 0.29) is 5.41 Å². The second kappa shape index (κ2) is 25.5. The second-order valence-electron chi connectivity index (χ2n) is 11.7. The first kappa shape index (κ1) is 44.5. The predicted octanol–water partition coefficient (Wildman–Crippen LogP) is 14.9. The third-order valence-corrected chi connectivity index (χ3v) is 7.88. The summed E-state index contributed by atoms with van der Waals surface area (Å²) >= 11 is 0. The van der Waals surface area contributed by atoms with Gasteiger partial charge in [-0.15, -0.1) is 0 Å². The van der Waals surface area contributed by atoms with Crippen molar-refractivity contribution < 1.29 is 0 Å². The fourth-order valence-corrected chi connectivity index (χ4v) is 5.01. The summed E-state index contributed by atoms with van der Waals surface area (Å²) in [4.78, 5) is 0. The van der Waals surface area contributed by atoms with Gasteiger partial charge in [0.25, 0.3) is 0 Å². The Morgan fingerprint density at radius 1 is 0.870 bits per heavy atom. The van der Waals surface area contributed by atoms with E-state index in [4.69, 9.17) is 0 Å². The Hall–Kier alpha value is -3.64. The molecule has 0 saturated heterocycles. The van der Waals surface area contributed by atoms with E-state index in [1.54, 1.807) is 17.7 Å². The summed E-state index contributed by atoms with van der Waals surface area (Å²) in [5.74, 6) is 0.769. The van der Waals surface area contributed by atoms with Crippen LogP contribution in [-0.4, -0.2) is 0 Å². The fraction of sp³-hybridized carbons (Fsp3) is 0.391. The van der Waals surface area contributed by atoms with Crippen LogP contribution in [0, 0.1) is 32.1 Å². The molecule has 2 aromatic rings. The molecule has 0 aromatic heterocycles. The molecule has 0 heteroatoms. The normalized spacial score (nSPS) is 15.9. The summed E-state index contributed by atoms with van der Waals surface area (Å²) in [7, 11) is 0. The number of benzene rings is 2. The van der Waals surface area contributed by atoms with Crippen molar-refractivity contribution in [1.29, 1.82) is 0 Å². The number of aryl methyl sites for hydroxylation is 3. The molecular weight excluding hydrogens is 553 g/mol. The van der Waals surface area contributed by atoms with Gasteiger partial charge in [-0.25, -0.2) is 0 Å². The van der Waals surface area contributed by atoms with Gasteiger partial charge in [0.2, 0.25) is 0 Å². The molecule has 0 nitrogen and oxygen atoms in total. The van der Waals surface area contributed by atoms with Crippen LogP contribution in [0.4, 0.5) is 0 Å². The van der Waals surface area contributed by atoms with Gasteiger partial charge in [0, 0.05) is 5.41 Å². The molecule has 46 heavy (non-hydrogen) atoms. The zero-order valence-electron chi connectivity index (χ0n) is 32.2. The van der Waals surface area contributed by atoms with Crippen molar-refractivity contribution in [3.63, 3.8) is 0 Å². The van der Waals surface area contributed by atoms with Crippen LogP contribution in [0.3, 0.4) is 0 Å². The Kier molecular flexibility index (Phi) is 24.7. The molecule has 0 amide bonds. The van der Waals surface area contributed by atoms with Crippen molar-refractivity contribution in [2.75, 3.05) is 0 Å². The first-order valence-electron chi connectivity index (χ1n) is 17.4.